The lowest BCUT2D eigenvalue weighted by Crippen LogP contribution is -2.40. The second kappa shape index (κ2) is 3.91. The summed E-state index contributed by atoms with van der Waals surface area (Å²) in [6.45, 7) is 0. The van der Waals surface area contributed by atoms with Gasteiger partial charge >= 0.3 is 0 Å². The van der Waals surface area contributed by atoms with Crippen LogP contribution in [-0.4, -0.2) is 18.1 Å². The standard InChI is InChI=1S/C7H15N2O/c1-9(8-10)7-5-3-2-4-6-7/h7-8H,2-6H2,1H3/q-1. The Labute approximate surface area is 62.0 Å². The van der Waals surface area contributed by atoms with Gasteiger partial charge in [0.2, 0.25) is 0 Å². The van der Waals surface area contributed by atoms with Crippen LogP contribution in [0, 0.1) is 5.21 Å². The number of hydrogen-bond donors (Lipinski definition) is 1. The Bertz CT molecular complexity index is 91.6. The molecule has 0 aromatic heterocycles. The second-order valence-corrected chi connectivity index (χ2v) is 2.99. The highest BCUT2D eigenvalue weighted by atomic mass is 16.5. The van der Waals surface area contributed by atoms with Crippen molar-refractivity contribution in [2.45, 2.75) is 38.1 Å². The summed E-state index contributed by atoms with van der Waals surface area (Å²) < 4.78 is 0. The quantitative estimate of drug-likeness (QED) is 0.591. The van der Waals surface area contributed by atoms with Crippen LogP contribution in [0.4, 0.5) is 0 Å². The largest absolute Gasteiger partial charge is 0.774 e. The van der Waals surface area contributed by atoms with Crippen molar-refractivity contribution in [1.82, 2.24) is 10.6 Å². The molecule has 1 fully saturated rings. The zero-order chi connectivity index (χ0) is 7.40. The Morgan fingerprint density at radius 2 is 1.90 bits per heavy atom. The van der Waals surface area contributed by atoms with Gasteiger partial charge in [-0.25, -0.2) is 0 Å². The third kappa shape index (κ3) is 1.94. The number of nitrogens with zero attached hydrogens (tertiary/aromatic N) is 1. The minimum absolute atomic E-state index is 0.478. The van der Waals surface area contributed by atoms with E-state index in [2.05, 4.69) is 0 Å². The molecule has 0 heterocycles. The topological polar surface area (TPSA) is 38.3 Å². The van der Waals surface area contributed by atoms with Crippen LogP contribution < -0.4 is 5.59 Å². The fourth-order valence-electron chi connectivity index (χ4n) is 1.54. The SMILES string of the molecule is CN(N[O-])C1CCCCC1. The lowest BCUT2D eigenvalue weighted by atomic mass is 9.95. The Hall–Kier alpha value is -0.120. The molecule has 1 aliphatic carbocycles. The maximum atomic E-state index is 10.2. The molecule has 0 spiro atoms. The lowest BCUT2D eigenvalue weighted by Gasteiger charge is -2.33. The molecule has 0 aliphatic heterocycles. The van der Waals surface area contributed by atoms with E-state index in [1.807, 2.05) is 12.6 Å². The van der Waals surface area contributed by atoms with Gasteiger partial charge in [-0.15, -0.1) is 0 Å². The first kappa shape index (κ1) is 7.98. The Balaban J connectivity index is 2.24. The monoisotopic (exact) mass is 143 g/mol. The molecule has 0 aromatic carbocycles. The maximum Gasteiger partial charge on any atom is 0.0230 e. The number of hydrogen-bond acceptors (Lipinski definition) is 3. The molecule has 0 bridgehead atoms. The number of rotatable bonds is 2. The minimum Gasteiger partial charge on any atom is -0.774 e. The van der Waals surface area contributed by atoms with E-state index in [0.717, 1.165) is 0 Å². The van der Waals surface area contributed by atoms with Crippen LogP contribution in [0.15, 0.2) is 0 Å². The third-order valence-corrected chi connectivity index (χ3v) is 2.27. The van der Waals surface area contributed by atoms with Crippen LogP contribution in [0.3, 0.4) is 0 Å². The van der Waals surface area contributed by atoms with E-state index in [0.29, 0.717) is 6.04 Å². The first-order valence-corrected chi connectivity index (χ1v) is 3.95. The van der Waals surface area contributed by atoms with Crippen molar-refractivity contribution >= 4 is 0 Å². The smallest absolute Gasteiger partial charge is 0.0230 e. The number of hydrazine groups is 1. The minimum atomic E-state index is 0.478. The summed E-state index contributed by atoms with van der Waals surface area (Å²) in [7, 11) is 1.82. The van der Waals surface area contributed by atoms with Crippen molar-refractivity contribution in [3.63, 3.8) is 0 Å². The Kier molecular flexibility index (Phi) is 3.12. The normalized spacial score (nSPS) is 21.9. The highest BCUT2D eigenvalue weighted by molar-refractivity contribution is 4.71. The molecule has 1 saturated carbocycles. The zero-order valence-electron chi connectivity index (χ0n) is 6.47. The molecule has 3 heteroatoms. The van der Waals surface area contributed by atoms with Crippen molar-refractivity contribution < 1.29 is 0 Å². The molecule has 0 atom stereocenters. The molecular formula is C7H15N2O-. The van der Waals surface area contributed by atoms with Gasteiger partial charge in [-0.05, 0) is 12.8 Å². The molecule has 0 unspecified atom stereocenters. The summed E-state index contributed by atoms with van der Waals surface area (Å²) in [4.78, 5) is 0. The van der Waals surface area contributed by atoms with E-state index in [1.165, 1.54) is 32.1 Å². The summed E-state index contributed by atoms with van der Waals surface area (Å²) in [5, 5.41) is 11.9. The van der Waals surface area contributed by atoms with E-state index in [-0.39, 0.29) is 0 Å². The van der Waals surface area contributed by atoms with E-state index >= 15 is 0 Å². The first-order chi connectivity index (χ1) is 4.84. The summed E-state index contributed by atoms with van der Waals surface area (Å²) in [6.07, 6.45) is 6.23. The van der Waals surface area contributed by atoms with Gasteiger partial charge in [0, 0.05) is 13.1 Å². The average molecular weight is 143 g/mol. The highest BCUT2D eigenvalue weighted by Crippen LogP contribution is 2.20. The van der Waals surface area contributed by atoms with Crippen LogP contribution in [0.25, 0.3) is 0 Å². The average Bonchev–Trinajstić information content (AvgIpc) is 2.05. The lowest BCUT2D eigenvalue weighted by molar-refractivity contribution is 0.153. The van der Waals surface area contributed by atoms with E-state index in [1.54, 1.807) is 5.01 Å². The van der Waals surface area contributed by atoms with E-state index < -0.39 is 0 Å². The molecule has 1 rings (SSSR count). The highest BCUT2D eigenvalue weighted by Gasteiger charge is 2.15. The predicted molar refractivity (Wildman–Crippen MR) is 41.1 cm³/mol. The summed E-state index contributed by atoms with van der Waals surface area (Å²) in [6, 6.07) is 0.478. The summed E-state index contributed by atoms with van der Waals surface area (Å²) in [5.74, 6) is 0. The Morgan fingerprint density at radius 3 is 2.40 bits per heavy atom. The van der Waals surface area contributed by atoms with Crippen LogP contribution in [0.5, 0.6) is 0 Å². The second-order valence-electron chi connectivity index (χ2n) is 2.99. The van der Waals surface area contributed by atoms with E-state index in [4.69, 9.17) is 0 Å². The molecule has 1 N–H and O–H groups in total. The van der Waals surface area contributed by atoms with Crippen LogP contribution in [0.2, 0.25) is 0 Å². The molecule has 0 aromatic rings. The van der Waals surface area contributed by atoms with Gasteiger partial charge in [0.25, 0.3) is 0 Å². The molecule has 0 saturated heterocycles. The maximum absolute atomic E-state index is 10.2. The molecule has 60 valence electrons. The Morgan fingerprint density at radius 1 is 1.30 bits per heavy atom. The van der Waals surface area contributed by atoms with E-state index in [9.17, 15) is 5.21 Å². The van der Waals surface area contributed by atoms with Gasteiger partial charge in [0.1, 0.15) is 0 Å². The van der Waals surface area contributed by atoms with Crippen molar-refractivity contribution in [2.75, 3.05) is 7.05 Å². The van der Waals surface area contributed by atoms with Gasteiger partial charge in [0.05, 0.1) is 0 Å². The van der Waals surface area contributed by atoms with Crippen molar-refractivity contribution in [2.24, 2.45) is 0 Å². The molecule has 10 heavy (non-hydrogen) atoms. The molecule has 0 amide bonds. The van der Waals surface area contributed by atoms with Gasteiger partial charge in [-0.2, -0.15) is 0 Å². The van der Waals surface area contributed by atoms with Gasteiger partial charge in [0.15, 0.2) is 0 Å². The fraction of sp³-hybridized carbons (Fsp3) is 1.00. The summed E-state index contributed by atoms with van der Waals surface area (Å²) >= 11 is 0. The molecular weight excluding hydrogens is 128 g/mol. The van der Waals surface area contributed by atoms with Crippen LogP contribution in [-0.2, 0) is 0 Å². The third-order valence-electron chi connectivity index (χ3n) is 2.27. The molecule has 1 aliphatic rings. The van der Waals surface area contributed by atoms with Gasteiger partial charge < -0.3 is 10.8 Å². The zero-order valence-corrected chi connectivity index (χ0v) is 6.47. The van der Waals surface area contributed by atoms with Crippen molar-refractivity contribution in [1.29, 1.82) is 0 Å². The molecule has 0 radical (unpaired) electrons. The fourth-order valence-corrected chi connectivity index (χ4v) is 1.54. The first-order valence-electron chi connectivity index (χ1n) is 3.95. The summed E-state index contributed by atoms with van der Waals surface area (Å²) in [5.41, 5.74) is 1.92. The molecule has 3 nitrogen and oxygen atoms in total. The van der Waals surface area contributed by atoms with Crippen LogP contribution >= 0.6 is 0 Å². The van der Waals surface area contributed by atoms with Gasteiger partial charge in [-0.1, -0.05) is 19.3 Å². The predicted octanol–water partition coefficient (Wildman–Crippen LogP) is 1.25. The van der Waals surface area contributed by atoms with Crippen LogP contribution in [0.1, 0.15) is 32.1 Å². The van der Waals surface area contributed by atoms with Gasteiger partial charge in [-0.3, -0.25) is 5.01 Å². The number of nitrogens with one attached hydrogen (secondary N) is 1. The van der Waals surface area contributed by atoms with Crippen molar-refractivity contribution in [3.05, 3.63) is 5.21 Å². The van der Waals surface area contributed by atoms with Crippen molar-refractivity contribution in [3.8, 4) is 0 Å².